The first-order chi connectivity index (χ1) is 11.7. The smallest absolute Gasteiger partial charge is 0.346 e. The van der Waals surface area contributed by atoms with E-state index in [0.29, 0.717) is 5.92 Å². The van der Waals surface area contributed by atoms with Crippen LogP contribution in [0.2, 0.25) is 0 Å². The van der Waals surface area contributed by atoms with Gasteiger partial charge in [-0.25, -0.2) is 0 Å². The van der Waals surface area contributed by atoms with Gasteiger partial charge in [0.15, 0.2) is 0 Å². The van der Waals surface area contributed by atoms with E-state index >= 15 is 0 Å². The number of amides is 2. The third-order valence-electron chi connectivity index (χ3n) is 4.27. The molecule has 1 aliphatic carbocycles. The van der Waals surface area contributed by atoms with Crippen molar-refractivity contribution < 1.29 is 23.5 Å². The molecule has 3 N–H and O–H groups in total. The summed E-state index contributed by atoms with van der Waals surface area (Å²) < 4.78 is 26.4. The largest absolute Gasteiger partial charge is 0.390 e. The minimum Gasteiger partial charge on any atom is -0.390 e. The second-order valence-electron chi connectivity index (χ2n) is 6.73. The molecule has 1 aromatic rings. The Kier molecular flexibility index (Phi) is 6.11. The molecule has 2 amide bonds. The monoisotopic (exact) mass is 354 g/mol. The van der Waals surface area contributed by atoms with Crippen LogP contribution >= 0.6 is 0 Å². The quantitative estimate of drug-likeness (QED) is 0.669. The number of nitrogens with one attached hydrogen (secondary N) is 2. The Hall–Kier alpha value is -2.02. The highest BCUT2D eigenvalue weighted by molar-refractivity contribution is 5.84. The Labute approximate surface area is 145 Å². The summed E-state index contributed by atoms with van der Waals surface area (Å²) in [7, 11) is 0. The van der Waals surface area contributed by atoms with Crippen LogP contribution in [0.15, 0.2) is 24.3 Å². The van der Waals surface area contributed by atoms with Crippen molar-refractivity contribution >= 4 is 11.8 Å². The molecule has 2 rings (SSSR count). The molecule has 1 aromatic carbocycles. The van der Waals surface area contributed by atoms with E-state index in [1.165, 1.54) is 0 Å². The molecule has 0 spiro atoms. The summed E-state index contributed by atoms with van der Waals surface area (Å²) in [4.78, 5) is 23.5. The third-order valence-corrected chi connectivity index (χ3v) is 4.27. The van der Waals surface area contributed by atoms with Gasteiger partial charge in [-0.1, -0.05) is 38.1 Å². The molecule has 25 heavy (non-hydrogen) atoms. The van der Waals surface area contributed by atoms with Gasteiger partial charge in [0.2, 0.25) is 5.91 Å². The Morgan fingerprint density at radius 3 is 2.24 bits per heavy atom. The molecule has 5 nitrogen and oxygen atoms in total. The van der Waals surface area contributed by atoms with Gasteiger partial charge in [-0.15, -0.1) is 0 Å². The summed E-state index contributed by atoms with van der Waals surface area (Å²) in [5, 5.41) is 13.5. The SMILES string of the molecule is CC(C)c1ccc(C(CNC(=O)C(F)(F)CO)NC(=O)C2CC2)cc1. The lowest BCUT2D eigenvalue weighted by Gasteiger charge is -2.22. The maximum atomic E-state index is 13.2. The predicted molar refractivity (Wildman–Crippen MR) is 89.2 cm³/mol. The minimum absolute atomic E-state index is 0.0352. The van der Waals surface area contributed by atoms with E-state index in [1.807, 2.05) is 24.3 Å². The molecule has 0 heterocycles. The zero-order valence-corrected chi connectivity index (χ0v) is 14.4. The van der Waals surface area contributed by atoms with Crippen LogP contribution in [0.3, 0.4) is 0 Å². The highest BCUT2D eigenvalue weighted by Crippen LogP contribution is 2.30. The first-order valence-electron chi connectivity index (χ1n) is 8.42. The zero-order chi connectivity index (χ0) is 18.6. The van der Waals surface area contributed by atoms with E-state index in [-0.39, 0.29) is 18.4 Å². The molecule has 1 saturated carbocycles. The van der Waals surface area contributed by atoms with Crippen molar-refractivity contribution in [2.24, 2.45) is 5.92 Å². The molecule has 0 aromatic heterocycles. The number of carbonyl (C=O) groups is 2. The van der Waals surface area contributed by atoms with Crippen LogP contribution in [0.4, 0.5) is 8.78 Å². The fourth-order valence-electron chi connectivity index (χ4n) is 2.40. The van der Waals surface area contributed by atoms with Gasteiger partial charge in [0.05, 0.1) is 6.04 Å². The lowest BCUT2D eigenvalue weighted by Crippen LogP contribution is -2.46. The molecular weight excluding hydrogens is 330 g/mol. The summed E-state index contributed by atoms with van der Waals surface area (Å²) >= 11 is 0. The van der Waals surface area contributed by atoms with E-state index in [2.05, 4.69) is 24.5 Å². The van der Waals surface area contributed by atoms with Crippen molar-refractivity contribution in [1.29, 1.82) is 0 Å². The molecule has 1 aliphatic rings. The van der Waals surface area contributed by atoms with Crippen molar-refractivity contribution in [3.63, 3.8) is 0 Å². The Morgan fingerprint density at radius 2 is 1.76 bits per heavy atom. The fraction of sp³-hybridized carbons (Fsp3) is 0.556. The second kappa shape index (κ2) is 7.91. The van der Waals surface area contributed by atoms with Crippen molar-refractivity contribution in [2.45, 2.75) is 44.6 Å². The number of carbonyl (C=O) groups excluding carboxylic acids is 2. The van der Waals surface area contributed by atoms with Crippen molar-refractivity contribution in [3.8, 4) is 0 Å². The molecule has 0 aliphatic heterocycles. The minimum atomic E-state index is -3.84. The van der Waals surface area contributed by atoms with E-state index in [4.69, 9.17) is 5.11 Å². The third kappa shape index (κ3) is 5.22. The van der Waals surface area contributed by atoms with Crippen molar-refractivity contribution in [2.75, 3.05) is 13.2 Å². The average Bonchev–Trinajstić information content (AvgIpc) is 3.43. The van der Waals surface area contributed by atoms with Crippen LogP contribution in [-0.4, -0.2) is 36.0 Å². The average molecular weight is 354 g/mol. The summed E-state index contributed by atoms with van der Waals surface area (Å²) in [6, 6.07) is 6.88. The van der Waals surface area contributed by atoms with Gasteiger partial charge in [0, 0.05) is 12.5 Å². The number of aliphatic hydroxyl groups is 1. The first kappa shape index (κ1) is 19.3. The lowest BCUT2D eigenvalue weighted by molar-refractivity contribution is -0.151. The van der Waals surface area contributed by atoms with Crippen LogP contribution < -0.4 is 10.6 Å². The van der Waals surface area contributed by atoms with Crippen LogP contribution in [0.25, 0.3) is 0 Å². The van der Waals surface area contributed by atoms with Gasteiger partial charge >= 0.3 is 5.92 Å². The van der Waals surface area contributed by atoms with Gasteiger partial charge in [-0.3, -0.25) is 9.59 Å². The predicted octanol–water partition coefficient (Wildman–Crippen LogP) is 2.12. The fourth-order valence-corrected chi connectivity index (χ4v) is 2.40. The second-order valence-corrected chi connectivity index (χ2v) is 6.73. The molecule has 138 valence electrons. The number of halogens is 2. The molecule has 0 bridgehead atoms. The summed E-state index contributed by atoms with van der Waals surface area (Å²) in [5.41, 5.74) is 1.85. The van der Waals surface area contributed by atoms with Gasteiger partial charge in [-0.2, -0.15) is 8.78 Å². The van der Waals surface area contributed by atoms with E-state index in [1.54, 1.807) is 0 Å². The normalized spacial score (nSPS) is 15.8. The van der Waals surface area contributed by atoms with Gasteiger partial charge in [0.25, 0.3) is 5.91 Å². The summed E-state index contributed by atoms with van der Waals surface area (Å²) in [6.45, 7) is 2.38. The molecule has 0 radical (unpaired) electrons. The van der Waals surface area contributed by atoms with Gasteiger partial charge in [0.1, 0.15) is 6.61 Å². The number of rotatable bonds is 8. The summed E-state index contributed by atoms with van der Waals surface area (Å²) in [6.07, 6.45) is 1.64. The van der Waals surface area contributed by atoms with Gasteiger partial charge in [-0.05, 0) is 29.9 Å². The number of hydrogen-bond donors (Lipinski definition) is 3. The van der Waals surface area contributed by atoms with Crippen LogP contribution in [0.5, 0.6) is 0 Å². The van der Waals surface area contributed by atoms with E-state index < -0.39 is 24.5 Å². The standard InChI is InChI=1S/C18H24F2N2O3/c1-11(2)12-3-5-13(6-4-12)15(22-16(24)14-7-8-14)9-21-17(25)18(19,20)10-23/h3-6,11,14-15,23H,7-10H2,1-2H3,(H,21,25)(H,22,24). The van der Waals surface area contributed by atoms with Crippen LogP contribution in [-0.2, 0) is 9.59 Å². The molecule has 1 fully saturated rings. The van der Waals surface area contributed by atoms with Crippen LogP contribution in [0.1, 0.15) is 49.8 Å². The molecule has 1 unspecified atom stereocenters. The summed E-state index contributed by atoms with van der Waals surface area (Å²) in [5.74, 6) is -5.23. The van der Waals surface area contributed by atoms with E-state index in [9.17, 15) is 18.4 Å². The molecule has 1 atom stereocenters. The maximum Gasteiger partial charge on any atom is 0.346 e. The van der Waals surface area contributed by atoms with Crippen molar-refractivity contribution in [3.05, 3.63) is 35.4 Å². The molecule has 7 heteroatoms. The van der Waals surface area contributed by atoms with E-state index in [0.717, 1.165) is 24.0 Å². The zero-order valence-electron chi connectivity index (χ0n) is 14.4. The number of hydrogen-bond acceptors (Lipinski definition) is 3. The Bertz CT molecular complexity index is 613. The Morgan fingerprint density at radius 1 is 1.20 bits per heavy atom. The number of benzene rings is 1. The number of alkyl halides is 2. The Balaban J connectivity index is 2.09. The van der Waals surface area contributed by atoms with Gasteiger partial charge < -0.3 is 15.7 Å². The van der Waals surface area contributed by atoms with Crippen LogP contribution in [0, 0.1) is 5.92 Å². The molecule has 0 saturated heterocycles. The molecular formula is C18H24F2N2O3. The lowest BCUT2D eigenvalue weighted by atomic mass is 9.99. The highest BCUT2D eigenvalue weighted by Gasteiger charge is 2.38. The number of aliphatic hydroxyl groups excluding tert-OH is 1. The topological polar surface area (TPSA) is 78.4 Å². The highest BCUT2D eigenvalue weighted by atomic mass is 19.3. The first-order valence-corrected chi connectivity index (χ1v) is 8.42. The maximum absolute atomic E-state index is 13.2. The van der Waals surface area contributed by atoms with Crippen molar-refractivity contribution in [1.82, 2.24) is 10.6 Å².